The number of aliphatic hydroxyl groups is 3. The number of nitrogens with one attached hydrogen (secondary N) is 7. The molecule has 3 aliphatic heterocycles. The topological polar surface area (TPSA) is 489 Å². The number of para-hydroxylation sites is 3. The lowest BCUT2D eigenvalue weighted by Gasteiger charge is -2.36. The highest BCUT2D eigenvalue weighted by Crippen LogP contribution is 2.27. The van der Waals surface area contributed by atoms with Gasteiger partial charge in [0.25, 0.3) is 17.7 Å². The zero-order valence-corrected chi connectivity index (χ0v) is 68.2. The minimum atomic E-state index is -1.41. The summed E-state index contributed by atoms with van der Waals surface area (Å²) in [6.07, 6.45) is 1.74. The van der Waals surface area contributed by atoms with Crippen molar-refractivity contribution in [3.63, 3.8) is 0 Å². The molecule has 6 aromatic rings. The van der Waals surface area contributed by atoms with Gasteiger partial charge in [0, 0.05) is 44.2 Å². The number of esters is 4. The fourth-order valence-corrected chi connectivity index (χ4v) is 13.4. The molecule has 18 atom stereocenters. The fraction of sp³-hybridized carbons (Fsp3) is 0.471. The van der Waals surface area contributed by atoms with Gasteiger partial charge in [-0.25, -0.2) is 14.4 Å². The molecule has 3 aromatic heterocycles. The lowest BCUT2D eigenvalue weighted by Crippen LogP contribution is -2.60. The smallest absolute Gasteiger partial charge is 0.347 e. The number of nitrogens with zero attached hydrogens (tertiary/aromatic N) is 4. The molecule has 33 nitrogen and oxygen atoms in total. The molecule has 3 aromatic carbocycles. The van der Waals surface area contributed by atoms with Crippen LogP contribution in [0.15, 0.2) is 146 Å². The van der Waals surface area contributed by atoms with E-state index in [-0.39, 0.29) is 90.2 Å². The summed E-state index contributed by atoms with van der Waals surface area (Å²) in [5.41, 5.74) is 1.87. The highest BCUT2D eigenvalue weighted by Gasteiger charge is 2.45. The van der Waals surface area contributed by atoms with E-state index in [2.05, 4.69) is 52.2 Å². The summed E-state index contributed by atoms with van der Waals surface area (Å²) in [6.45, 7) is 20.0. The number of hydrogen-bond acceptors (Lipinski definition) is 25. The highest BCUT2D eigenvalue weighted by atomic mass is 16.6. The molecule has 3 saturated heterocycles. The van der Waals surface area contributed by atoms with Crippen molar-refractivity contribution >= 4 is 71.1 Å². The Balaban J connectivity index is 0.000000244. The van der Waals surface area contributed by atoms with Gasteiger partial charge in [0.15, 0.2) is 6.10 Å². The average molecular weight is 1640 g/mol. The summed E-state index contributed by atoms with van der Waals surface area (Å²) in [5.74, 6) is -12.7. The van der Waals surface area contributed by atoms with E-state index >= 15 is 0 Å². The van der Waals surface area contributed by atoms with Gasteiger partial charge in [-0.15, -0.1) is 0 Å². The van der Waals surface area contributed by atoms with Crippen LogP contribution in [0.1, 0.15) is 150 Å². The predicted octanol–water partition coefficient (Wildman–Crippen LogP) is 4.03. The number of carbonyl (C=O) groups excluding carboxylic acids is 12. The van der Waals surface area contributed by atoms with Gasteiger partial charge in [0.05, 0.1) is 70.9 Å². The Morgan fingerprint density at radius 3 is 1.09 bits per heavy atom. The maximum atomic E-state index is 13.7. The second-order valence-electron chi connectivity index (χ2n) is 31.1. The van der Waals surface area contributed by atoms with Crippen LogP contribution in [0.4, 0.5) is 0 Å². The molecule has 33 heteroatoms. The number of amides is 8. The van der Waals surface area contributed by atoms with Crippen LogP contribution < -0.4 is 37.2 Å². The monoisotopic (exact) mass is 1640 g/mol. The number of carbonyl (C=O) groups is 12. The van der Waals surface area contributed by atoms with Crippen LogP contribution in [0, 0.1) is 35.5 Å². The maximum absolute atomic E-state index is 13.7. The molecular weight excluding hydrogens is 1530 g/mol. The second kappa shape index (κ2) is 43.8. The molecule has 6 heterocycles. The molecule has 0 bridgehead atoms. The number of hydrogen-bond donors (Lipinski definition) is 13. The fourth-order valence-electron chi connectivity index (χ4n) is 13.4. The number of pyridine rings is 3. The first-order valence-corrected chi connectivity index (χ1v) is 39.1. The number of cyclic esters (lactones) is 4. The van der Waals surface area contributed by atoms with Gasteiger partial charge in [0.2, 0.25) is 29.5 Å². The lowest BCUT2D eigenvalue weighted by molar-refractivity contribution is -0.178. The minimum absolute atomic E-state index is 0.0180. The van der Waals surface area contributed by atoms with Gasteiger partial charge in [-0.3, -0.25) is 58.1 Å². The van der Waals surface area contributed by atoms with E-state index in [0.717, 1.165) is 0 Å². The number of rotatable bonds is 18. The van der Waals surface area contributed by atoms with Crippen LogP contribution in [0.2, 0.25) is 0 Å². The quantitative estimate of drug-likeness (QED) is 0.0427. The first-order chi connectivity index (χ1) is 55.8. The normalized spacial score (nSPS) is 26.4. The molecule has 636 valence electrons. The molecule has 3 fully saturated rings. The molecule has 13 N–H and O–H groups in total. The Morgan fingerprint density at radius 2 is 0.746 bits per heavy atom. The van der Waals surface area contributed by atoms with Gasteiger partial charge in [-0.1, -0.05) is 110 Å². The Bertz CT molecular complexity index is 4250. The Morgan fingerprint density at radius 1 is 0.407 bits per heavy atom. The number of benzene rings is 3. The third-order valence-electron chi connectivity index (χ3n) is 20.2. The number of aromatic nitrogens is 3. The number of phenolic OH excluding ortho intramolecular Hbond substituents is 3. The van der Waals surface area contributed by atoms with Crippen molar-refractivity contribution < 1.29 is 107 Å². The van der Waals surface area contributed by atoms with Crippen molar-refractivity contribution in [2.24, 2.45) is 35.5 Å². The maximum Gasteiger partial charge on any atom is 0.347 e. The summed E-state index contributed by atoms with van der Waals surface area (Å²) < 4.78 is 22.3. The van der Waals surface area contributed by atoms with Gasteiger partial charge >= 0.3 is 23.9 Å². The van der Waals surface area contributed by atoms with Crippen molar-refractivity contribution in [2.45, 2.75) is 213 Å². The van der Waals surface area contributed by atoms with E-state index in [1.54, 1.807) is 110 Å². The van der Waals surface area contributed by atoms with E-state index in [4.69, 9.17) is 18.9 Å². The highest BCUT2D eigenvalue weighted by molar-refractivity contribution is 6.02. The van der Waals surface area contributed by atoms with Crippen molar-refractivity contribution in [2.75, 3.05) is 7.05 Å². The number of aliphatic hydroxyl groups excluding tert-OH is 3. The number of aromatic hydroxyl groups is 3. The number of ether oxygens (including phenoxy) is 4. The van der Waals surface area contributed by atoms with Crippen LogP contribution in [0.25, 0.3) is 0 Å². The van der Waals surface area contributed by atoms with Crippen LogP contribution >= 0.6 is 0 Å². The average Bonchev–Trinajstić information content (AvgIpc) is 0.825. The molecular formula is C85H109N11O22. The van der Waals surface area contributed by atoms with Crippen LogP contribution in [-0.2, 0) is 81.4 Å². The molecule has 118 heavy (non-hydrogen) atoms. The van der Waals surface area contributed by atoms with Gasteiger partial charge in [0.1, 0.15) is 65.8 Å². The van der Waals surface area contributed by atoms with E-state index in [1.165, 1.54) is 89.9 Å². The zero-order chi connectivity index (χ0) is 86.9. The second-order valence-corrected chi connectivity index (χ2v) is 31.1. The molecule has 3 aliphatic rings. The third kappa shape index (κ3) is 26.3. The molecule has 9 rings (SSSR count). The molecule has 0 saturated carbocycles. The SMILES string of the molecule is CC(C)CC1C(=O)O[C@H](C)[C@H](NC(=O)c2ccccc2O)C(=O)N[C@@H](Cc2cccnc2)[C@@H](O)[C@@H](C)C(=O)N1C.CC(C)CC1NC(=O)[C@H](C)[C@H](O)[C@H](Cc2cccnc2)NC(=O)[C@@H](NC(=O)c2ccccc2O)[C@@H](C)OC1=O.CC(C)CC1OC(=O)[C@H](C)[C@H](O)[C@H](Cc2cccnc2)NC(=O)[C@@H](NC(=O)c2ccccc2O)[C@@H](C)OC1=O. The predicted molar refractivity (Wildman–Crippen MR) is 427 cm³/mol. The first kappa shape index (κ1) is 93.2. The first-order valence-electron chi connectivity index (χ1n) is 39.1. The van der Waals surface area contributed by atoms with Crippen molar-refractivity contribution in [1.82, 2.24) is 57.1 Å². The standard InChI is InChI=1S/C29H38N4O7.C28H36N4O7.C28H35N3O8/c1-16(2)13-22-29(39)40-18(4)24(32-26(36)20-10-6-7-11-23(20)34)27(37)31-21(14-19-9-8-12-30-15-19)25(35)17(3)28(38)33(22)5;1-15(2)12-21-28(38)39-17(4)23(32-26(36)19-9-5-6-10-22(19)33)27(37)30-20(13-18-8-7-11-29-14-18)24(34)16(3)25(35)31-21;1-15(2)12-22-28(37)38-17(4)23(31-25(34)19-9-5-6-10-21(19)32)26(35)30-20(13-18-8-7-11-29-14-18)24(33)16(3)27(36)39-22/h6-12,15-18,21-22,24-25,34-35H,13-14H2,1-5H3,(H,31,37)(H,32,36);5-11,14-17,20-21,23-24,33-34H,12-13H2,1-4H3,(H,30,37)(H,31,35)(H,32,36);5-11,14-17,20,22-24,32-33H,12-13H2,1-4H3,(H,30,35)(H,31,34)/t17-,18-,21+,22?,24+,25+;16-,17-,20+,21?,23+,24+;16-,17-,20+,22?,23+,24+/m111/s1. The summed E-state index contributed by atoms with van der Waals surface area (Å²) in [7, 11) is 1.49. The van der Waals surface area contributed by atoms with Gasteiger partial charge < -0.3 is 91.7 Å². The summed E-state index contributed by atoms with van der Waals surface area (Å²) >= 11 is 0. The Hall–Kier alpha value is -12.0. The molecule has 0 radical (unpaired) electrons. The lowest BCUT2D eigenvalue weighted by atomic mass is 9.91. The van der Waals surface area contributed by atoms with Crippen molar-refractivity contribution in [3.8, 4) is 17.2 Å². The van der Waals surface area contributed by atoms with Gasteiger partial charge in [-0.05, 0) is 155 Å². The summed E-state index contributed by atoms with van der Waals surface area (Å²) in [4.78, 5) is 172. The van der Waals surface area contributed by atoms with E-state index in [9.17, 15) is 88.2 Å². The van der Waals surface area contributed by atoms with Crippen molar-refractivity contribution in [1.29, 1.82) is 0 Å². The Kier molecular flexibility index (Phi) is 34.6. The minimum Gasteiger partial charge on any atom is -0.507 e. The molecule has 3 unspecified atom stereocenters. The van der Waals surface area contributed by atoms with E-state index in [0.29, 0.717) is 16.7 Å². The van der Waals surface area contributed by atoms with Crippen LogP contribution in [0.5, 0.6) is 17.2 Å². The number of phenols is 3. The molecule has 0 spiro atoms. The third-order valence-corrected chi connectivity index (χ3v) is 20.2. The molecule has 0 aliphatic carbocycles. The summed E-state index contributed by atoms with van der Waals surface area (Å²) in [6, 6.07) is 18.9. The van der Waals surface area contributed by atoms with Gasteiger partial charge in [-0.2, -0.15) is 0 Å². The Labute approximate surface area is 684 Å². The van der Waals surface area contributed by atoms with Crippen LogP contribution in [0.3, 0.4) is 0 Å². The van der Waals surface area contributed by atoms with E-state index in [1.807, 2.05) is 41.5 Å². The summed E-state index contributed by atoms with van der Waals surface area (Å²) in [5, 5.41) is 82.7. The number of likely N-dealkylation sites (N-methyl/N-ethyl adjacent to an activating group) is 1. The van der Waals surface area contributed by atoms with Crippen molar-refractivity contribution in [3.05, 3.63) is 180 Å². The van der Waals surface area contributed by atoms with E-state index < -0.39 is 180 Å². The zero-order valence-electron chi connectivity index (χ0n) is 68.2. The van der Waals surface area contributed by atoms with Crippen LogP contribution in [-0.4, -0.2) is 220 Å². The molecule has 8 amide bonds. The largest absolute Gasteiger partial charge is 0.507 e.